The van der Waals surface area contributed by atoms with Crippen LogP contribution < -0.4 is 19.5 Å². The summed E-state index contributed by atoms with van der Waals surface area (Å²) in [5.74, 6) is 1.82. The number of carbonyl (C=O) groups excluding carboxylic acids is 1. The summed E-state index contributed by atoms with van der Waals surface area (Å²) < 4.78 is 18.1. The van der Waals surface area contributed by atoms with Gasteiger partial charge in [-0.05, 0) is 49.2 Å². The summed E-state index contributed by atoms with van der Waals surface area (Å²) in [5, 5.41) is 7.80. The molecule has 0 radical (unpaired) electrons. The molecule has 0 unspecified atom stereocenters. The lowest BCUT2D eigenvalue weighted by Crippen LogP contribution is -2.26. The van der Waals surface area contributed by atoms with Crippen LogP contribution in [0.4, 0.5) is 0 Å². The van der Waals surface area contributed by atoms with Crippen molar-refractivity contribution in [1.82, 2.24) is 15.1 Å². The molecule has 180 valence electrons. The molecule has 0 aliphatic rings. The van der Waals surface area contributed by atoms with E-state index in [1.54, 1.807) is 38.3 Å². The van der Waals surface area contributed by atoms with Crippen LogP contribution in [0.3, 0.4) is 0 Å². The molecule has 1 aromatic heterocycles. The van der Waals surface area contributed by atoms with Gasteiger partial charge in [0.2, 0.25) is 0 Å². The highest BCUT2D eigenvalue weighted by molar-refractivity contribution is 6.00. The normalized spacial score (nSPS) is 10.6. The number of hydrogen-bond donors (Lipinski definition) is 1. The fourth-order valence-electron chi connectivity index (χ4n) is 3.95. The fourth-order valence-corrected chi connectivity index (χ4v) is 3.95. The van der Waals surface area contributed by atoms with E-state index >= 15 is 0 Å². The van der Waals surface area contributed by atoms with Gasteiger partial charge in [0, 0.05) is 24.4 Å². The Bertz CT molecular complexity index is 1320. The van der Waals surface area contributed by atoms with Crippen LogP contribution in [0.15, 0.2) is 72.9 Å². The molecule has 0 aliphatic carbocycles. The summed E-state index contributed by atoms with van der Waals surface area (Å²) in [7, 11) is 4.83. The van der Waals surface area contributed by atoms with Crippen molar-refractivity contribution in [2.45, 2.75) is 13.3 Å². The zero-order valence-electron chi connectivity index (χ0n) is 20.4. The fraction of sp³-hybridized carbons (Fsp3) is 0.214. The Balaban J connectivity index is 1.65. The first-order valence-electron chi connectivity index (χ1n) is 11.3. The van der Waals surface area contributed by atoms with Crippen LogP contribution in [0.25, 0.3) is 16.9 Å². The smallest absolute Gasteiger partial charge is 0.255 e. The number of aromatic nitrogens is 2. The van der Waals surface area contributed by atoms with Crippen LogP contribution in [0.5, 0.6) is 17.2 Å². The Hall–Kier alpha value is -4.26. The predicted octanol–water partition coefficient (Wildman–Crippen LogP) is 4.85. The number of benzene rings is 3. The molecule has 0 fully saturated rings. The number of nitrogens with zero attached hydrogens (tertiary/aromatic N) is 2. The first-order chi connectivity index (χ1) is 17.0. The summed E-state index contributed by atoms with van der Waals surface area (Å²) in [4.78, 5) is 13.4. The minimum absolute atomic E-state index is 0.216. The molecule has 4 rings (SSSR count). The lowest BCUT2D eigenvalue weighted by Gasteiger charge is -2.11. The molecule has 0 bridgehead atoms. The zero-order valence-corrected chi connectivity index (χ0v) is 20.4. The van der Waals surface area contributed by atoms with Crippen molar-refractivity contribution < 1.29 is 19.0 Å². The van der Waals surface area contributed by atoms with Gasteiger partial charge in [-0.25, -0.2) is 4.68 Å². The van der Waals surface area contributed by atoms with E-state index in [0.29, 0.717) is 41.3 Å². The number of para-hydroxylation sites is 1. The van der Waals surface area contributed by atoms with Crippen molar-refractivity contribution in [2.24, 2.45) is 0 Å². The Labute approximate surface area is 205 Å². The van der Waals surface area contributed by atoms with Crippen molar-refractivity contribution in [3.8, 4) is 34.2 Å². The summed E-state index contributed by atoms with van der Waals surface area (Å²) in [6, 6.07) is 21.2. The molecule has 7 nitrogen and oxygen atoms in total. The van der Waals surface area contributed by atoms with Gasteiger partial charge in [-0.1, -0.05) is 35.9 Å². The van der Waals surface area contributed by atoms with Crippen LogP contribution in [-0.2, 0) is 6.42 Å². The van der Waals surface area contributed by atoms with Gasteiger partial charge in [-0.15, -0.1) is 0 Å². The Kier molecular flexibility index (Phi) is 7.35. The lowest BCUT2D eigenvalue weighted by molar-refractivity contribution is 0.0954. The molecule has 0 saturated carbocycles. The molecular formula is C28H29N3O4. The SMILES string of the molecule is COc1ccc(-c2nn(-c3ccccc3)cc2C(=O)NCCc2cc(C)ccc2OC)c(OC)c1. The average Bonchev–Trinajstić information content (AvgIpc) is 3.34. The maximum atomic E-state index is 13.4. The van der Waals surface area contributed by atoms with Gasteiger partial charge in [0.05, 0.1) is 32.6 Å². The van der Waals surface area contributed by atoms with E-state index < -0.39 is 0 Å². The molecule has 0 atom stereocenters. The van der Waals surface area contributed by atoms with E-state index in [4.69, 9.17) is 19.3 Å². The standard InChI is InChI=1S/C28H29N3O4/c1-19-10-13-25(34-3)20(16-19)14-15-29-28(32)24-18-31(21-8-6-5-7-9-21)30-27(24)23-12-11-22(33-2)17-26(23)35-4/h5-13,16-18H,14-15H2,1-4H3,(H,29,32). The average molecular weight is 472 g/mol. The number of aryl methyl sites for hydroxylation is 1. The first-order valence-corrected chi connectivity index (χ1v) is 11.3. The maximum Gasteiger partial charge on any atom is 0.255 e. The van der Waals surface area contributed by atoms with Gasteiger partial charge in [-0.3, -0.25) is 4.79 Å². The van der Waals surface area contributed by atoms with Gasteiger partial charge in [0.15, 0.2) is 0 Å². The Morgan fingerprint density at radius 3 is 2.40 bits per heavy atom. The van der Waals surface area contributed by atoms with E-state index in [0.717, 1.165) is 22.6 Å². The number of amides is 1. The minimum atomic E-state index is -0.216. The number of carbonyl (C=O) groups is 1. The van der Waals surface area contributed by atoms with Gasteiger partial charge < -0.3 is 19.5 Å². The van der Waals surface area contributed by atoms with Crippen molar-refractivity contribution in [1.29, 1.82) is 0 Å². The molecule has 1 amide bonds. The second-order valence-corrected chi connectivity index (χ2v) is 8.06. The highest BCUT2D eigenvalue weighted by Gasteiger charge is 2.21. The molecule has 0 spiro atoms. The van der Waals surface area contributed by atoms with Gasteiger partial charge in [-0.2, -0.15) is 5.10 Å². The van der Waals surface area contributed by atoms with Gasteiger partial charge in [0.25, 0.3) is 5.91 Å². The number of methoxy groups -OCH3 is 3. The first kappa shape index (κ1) is 23.9. The molecule has 0 saturated heterocycles. The summed E-state index contributed by atoms with van der Waals surface area (Å²) >= 11 is 0. The van der Waals surface area contributed by atoms with Crippen LogP contribution in [0.2, 0.25) is 0 Å². The van der Waals surface area contributed by atoms with Crippen molar-refractivity contribution in [3.05, 3.63) is 89.6 Å². The molecule has 0 aliphatic heterocycles. The van der Waals surface area contributed by atoms with Gasteiger partial charge in [0.1, 0.15) is 22.9 Å². The molecule has 1 N–H and O–H groups in total. The third-order valence-corrected chi connectivity index (χ3v) is 5.76. The molecular weight excluding hydrogens is 442 g/mol. The summed E-state index contributed by atoms with van der Waals surface area (Å²) in [6.45, 7) is 2.49. The molecule has 4 aromatic rings. The lowest BCUT2D eigenvalue weighted by atomic mass is 10.1. The van der Waals surface area contributed by atoms with E-state index in [2.05, 4.69) is 11.4 Å². The van der Waals surface area contributed by atoms with E-state index in [1.165, 1.54) is 0 Å². The highest BCUT2D eigenvalue weighted by atomic mass is 16.5. The van der Waals surface area contributed by atoms with Crippen LogP contribution in [0.1, 0.15) is 21.5 Å². The molecule has 1 heterocycles. The van der Waals surface area contributed by atoms with E-state index in [1.807, 2.05) is 61.5 Å². The quantitative estimate of drug-likeness (QED) is 0.378. The number of nitrogens with one attached hydrogen (secondary N) is 1. The maximum absolute atomic E-state index is 13.4. The monoisotopic (exact) mass is 471 g/mol. The molecule has 7 heteroatoms. The Morgan fingerprint density at radius 2 is 1.69 bits per heavy atom. The number of hydrogen-bond acceptors (Lipinski definition) is 5. The number of ether oxygens (including phenoxy) is 3. The highest BCUT2D eigenvalue weighted by Crippen LogP contribution is 2.35. The third-order valence-electron chi connectivity index (χ3n) is 5.76. The Morgan fingerprint density at radius 1 is 0.914 bits per heavy atom. The van der Waals surface area contributed by atoms with Crippen LogP contribution >= 0.6 is 0 Å². The second kappa shape index (κ2) is 10.8. The molecule has 35 heavy (non-hydrogen) atoms. The van der Waals surface area contributed by atoms with Crippen molar-refractivity contribution in [2.75, 3.05) is 27.9 Å². The largest absolute Gasteiger partial charge is 0.497 e. The van der Waals surface area contributed by atoms with E-state index in [-0.39, 0.29) is 5.91 Å². The number of rotatable bonds is 9. The second-order valence-electron chi connectivity index (χ2n) is 8.06. The van der Waals surface area contributed by atoms with Crippen LogP contribution in [0, 0.1) is 6.92 Å². The van der Waals surface area contributed by atoms with Crippen LogP contribution in [-0.4, -0.2) is 43.6 Å². The predicted molar refractivity (Wildman–Crippen MR) is 136 cm³/mol. The minimum Gasteiger partial charge on any atom is -0.497 e. The third kappa shape index (κ3) is 5.30. The van der Waals surface area contributed by atoms with E-state index in [9.17, 15) is 4.79 Å². The summed E-state index contributed by atoms with van der Waals surface area (Å²) in [6.07, 6.45) is 2.39. The van der Waals surface area contributed by atoms with Crippen molar-refractivity contribution in [3.63, 3.8) is 0 Å². The summed E-state index contributed by atoms with van der Waals surface area (Å²) in [5.41, 5.74) is 4.72. The zero-order chi connectivity index (χ0) is 24.8. The van der Waals surface area contributed by atoms with Gasteiger partial charge >= 0.3 is 0 Å². The topological polar surface area (TPSA) is 74.6 Å². The van der Waals surface area contributed by atoms with Crippen molar-refractivity contribution >= 4 is 5.91 Å². The molecule has 3 aromatic carbocycles.